The molecule has 0 saturated heterocycles. The van der Waals surface area contributed by atoms with E-state index in [-0.39, 0.29) is 0 Å². The van der Waals surface area contributed by atoms with Crippen LogP contribution in [0.15, 0.2) is 24.4 Å². The first-order chi connectivity index (χ1) is 8.30. The van der Waals surface area contributed by atoms with E-state index in [1.165, 1.54) is 0 Å². The van der Waals surface area contributed by atoms with E-state index in [0.29, 0.717) is 0 Å². The SMILES string of the molecule is CCCCn1cc(C#N)c2cc(OC)ccc21. The van der Waals surface area contributed by atoms with Gasteiger partial charge in [0.1, 0.15) is 11.8 Å². The highest BCUT2D eigenvalue weighted by Crippen LogP contribution is 2.25. The number of aryl methyl sites for hydroxylation is 1. The van der Waals surface area contributed by atoms with Crippen molar-refractivity contribution in [3.8, 4) is 11.8 Å². The van der Waals surface area contributed by atoms with Crippen LogP contribution in [-0.2, 0) is 6.54 Å². The third-order valence-corrected chi connectivity index (χ3v) is 2.96. The minimum atomic E-state index is 0.718. The van der Waals surface area contributed by atoms with Crippen LogP contribution in [0.5, 0.6) is 5.75 Å². The standard InChI is InChI=1S/C14H16N2O/c1-3-4-7-16-10-11(9-15)13-8-12(17-2)5-6-14(13)16/h5-6,8,10H,3-4,7H2,1-2H3. The van der Waals surface area contributed by atoms with Crippen molar-refractivity contribution >= 4 is 10.9 Å². The molecule has 0 aliphatic rings. The van der Waals surface area contributed by atoms with Crippen molar-refractivity contribution in [2.24, 2.45) is 0 Å². The quantitative estimate of drug-likeness (QED) is 0.805. The zero-order valence-electron chi connectivity index (χ0n) is 10.2. The van der Waals surface area contributed by atoms with Crippen molar-refractivity contribution in [3.63, 3.8) is 0 Å². The second kappa shape index (κ2) is 4.92. The van der Waals surface area contributed by atoms with Crippen LogP contribution in [0.4, 0.5) is 0 Å². The Morgan fingerprint density at radius 2 is 2.24 bits per heavy atom. The van der Waals surface area contributed by atoms with Gasteiger partial charge in [-0.25, -0.2) is 0 Å². The van der Waals surface area contributed by atoms with Gasteiger partial charge in [0.15, 0.2) is 0 Å². The molecule has 1 aromatic heterocycles. The van der Waals surface area contributed by atoms with Crippen LogP contribution in [0.2, 0.25) is 0 Å². The van der Waals surface area contributed by atoms with Gasteiger partial charge in [0.2, 0.25) is 0 Å². The van der Waals surface area contributed by atoms with Crippen molar-refractivity contribution in [1.29, 1.82) is 5.26 Å². The summed E-state index contributed by atoms with van der Waals surface area (Å²) in [5, 5.41) is 10.1. The number of benzene rings is 1. The maximum Gasteiger partial charge on any atom is 0.119 e. The summed E-state index contributed by atoms with van der Waals surface area (Å²) in [6.45, 7) is 3.13. The van der Waals surface area contributed by atoms with Crippen LogP contribution in [0, 0.1) is 11.3 Å². The van der Waals surface area contributed by atoms with Gasteiger partial charge >= 0.3 is 0 Å². The number of aromatic nitrogens is 1. The Balaban J connectivity index is 2.53. The minimum absolute atomic E-state index is 0.718. The lowest BCUT2D eigenvalue weighted by Crippen LogP contribution is -1.95. The van der Waals surface area contributed by atoms with Gasteiger partial charge in [-0.1, -0.05) is 13.3 Å². The molecule has 17 heavy (non-hydrogen) atoms. The summed E-state index contributed by atoms with van der Waals surface area (Å²) in [7, 11) is 1.64. The van der Waals surface area contributed by atoms with E-state index in [4.69, 9.17) is 10.00 Å². The second-order valence-corrected chi connectivity index (χ2v) is 4.08. The van der Waals surface area contributed by atoms with Gasteiger partial charge < -0.3 is 9.30 Å². The molecular formula is C14H16N2O. The van der Waals surface area contributed by atoms with Crippen LogP contribution in [0.25, 0.3) is 10.9 Å². The van der Waals surface area contributed by atoms with Gasteiger partial charge in [-0.3, -0.25) is 0 Å². The molecule has 0 fully saturated rings. The van der Waals surface area contributed by atoms with Crippen LogP contribution < -0.4 is 4.74 Å². The maximum absolute atomic E-state index is 9.13. The monoisotopic (exact) mass is 228 g/mol. The summed E-state index contributed by atoms with van der Waals surface area (Å²) < 4.78 is 7.34. The fourth-order valence-corrected chi connectivity index (χ4v) is 2.01. The lowest BCUT2D eigenvalue weighted by atomic mass is 10.2. The van der Waals surface area contributed by atoms with E-state index in [1.54, 1.807) is 7.11 Å². The number of fused-ring (bicyclic) bond motifs is 1. The van der Waals surface area contributed by atoms with E-state index in [2.05, 4.69) is 17.6 Å². The average Bonchev–Trinajstić information content (AvgIpc) is 2.73. The molecule has 0 N–H and O–H groups in total. The summed E-state index contributed by atoms with van der Waals surface area (Å²) in [5.74, 6) is 0.794. The number of hydrogen-bond acceptors (Lipinski definition) is 2. The summed E-state index contributed by atoms with van der Waals surface area (Å²) in [6, 6.07) is 8.12. The van der Waals surface area contributed by atoms with Crippen molar-refractivity contribution in [2.75, 3.05) is 7.11 Å². The normalized spacial score (nSPS) is 10.4. The number of hydrogen-bond donors (Lipinski definition) is 0. The molecule has 0 atom stereocenters. The molecule has 0 aliphatic heterocycles. The highest BCUT2D eigenvalue weighted by Gasteiger charge is 2.08. The largest absolute Gasteiger partial charge is 0.497 e. The molecule has 0 saturated carbocycles. The van der Waals surface area contributed by atoms with Gasteiger partial charge in [0.25, 0.3) is 0 Å². The summed E-state index contributed by atoms with van der Waals surface area (Å²) in [5.41, 5.74) is 1.82. The third-order valence-electron chi connectivity index (χ3n) is 2.96. The lowest BCUT2D eigenvalue weighted by molar-refractivity contribution is 0.415. The first-order valence-electron chi connectivity index (χ1n) is 5.87. The molecule has 1 heterocycles. The highest BCUT2D eigenvalue weighted by molar-refractivity contribution is 5.87. The summed E-state index contributed by atoms with van der Waals surface area (Å²) in [6.07, 6.45) is 4.21. The Bertz CT molecular complexity index is 563. The van der Waals surface area contributed by atoms with E-state index >= 15 is 0 Å². The molecule has 1 aromatic carbocycles. The van der Waals surface area contributed by atoms with Gasteiger partial charge in [0.05, 0.1) is 12.7 Å². The van der Waals surface area contributed by atoms with E-state index < -0.39 is 0 Å². The van der Waals surface area contributed by atoms with Gasteiger partial charge in [0, 0.05) is 23.6 Å². The molecule has 88 valence electrons. The molecule has 0 aliphatic carbocycles. The van der Waals surface area contributed by atoms with Crippen LogP contribution in [0.3, 0.4) is 0 Å². The summed E-state index contributed by atoms with van der Waals surface area (Å²) >= 11 is 0. The third kappa shape index (κ3) is 2.12. The number of nitrogens with zero attached hydrogens (tertiary/aromatic N) is 2. The van der Waals surface area contributed by atoms with Gasteiger partial charge in [-0.15, -0.1) is 0 Å². The number of rotatable bonds is 4. The zero-order valence-corrected chi connectivity index (χ0v) is 10.2. The Kier molecular flexibility index (Phi) is 3.34. The Morgan fingerprint density at radius 1 is 1.41 bits per heavy atom. The van der Waals surface area contributed by atoms with Crippen molar-refractivity contribution < 1.29 is 4.74 Å². The van der Waals surface area contributed by atoms with Crippen LogP contribution >= 0.6 is 0 Å². The molecule has 0 spiro atoms. The van der Waals surface area contributed by atoms with E-state index in [1.807, 2.05) is 24.4 Å². The van der Waals surface area contributed by atoms with Crippen LogP contribution in [0.1, 0.15) is 25.3 Å². The van der Waals surface area contributed by atoms with E-state index in [9.17, 15) is 0 Å². The van der Waals surface area contributed by atoms with E-state index in [0.717, 1.165) is 41.6 Å². The number of nitriles is 1. The molecule has 0 amide bonds. The topological polar surface area (TPSA) is 38.0 Å². The molecule has 2 aromatic rings. The predicted molar refractivity (Wildman–Crippen MR) is 68.1 cm³/mol. The molecule has 0 unspecified atom stereocenters. The minimum Gasteiger partial charge on any atom is -0.497 e. The molecule has 0 radical (unpaired) electrons. The molecular weight excluding hydrogens is 212 g/mol. The van der Waals surface area contributed by atoms with Gasteiger partial charge in [-0.05, 0) is 24.6 Å². The fraction of sp³-hybridized carbons (Fsp3) is 0.357. The smallest absolute Gasteiger partial charge is 0.119 e. The molecule has 3 heteroatoms. The van der Waals surface area contributed by atoms with Crippen molar-refractivity contribution in [1.82, 2.24) is 4.57 Å². The van der Waals surface area contributed by atoms with Crippen molar-refractivity contribution in [2.45, 2.75) is 26.3 Å². The highest BCUT2D eigenvalue weighted by atomic mass is 16.5. The number of ether oxygens (including phenoxy) is 1. The van der Waals surface area contributed by atoms with Gasteiger partial charge in [-0.2, -0.15) is 5.26 Å². The molecule has 2 rings (SSSR count). The zero-order chi connectivity index (χ0) is 12.3. The Hall–Kier alpha value is -1.95. The first kappa shape index (κ1) is 11.5. The van der Waals surface area contributed by atoms with Crippen molar-refractivity contribution in [3.05, 3.63) is 30.0 Å². The summed E-state index contributed by atoms with van der Waals surface area (Å²) in [4.78, 5) is 0. The Morgan fingerprint density at radius 3 is 2.88 bits per heavy atom. The predicted octanol–water partition coefficient (Wildman–Crippen LogP) is 3.32. The number of methoxy groups -OCH3 is 1. The van der Waals surface area contributed by atoms with Crippen LogP contribution in [-0.4, -0.2) is 11.7 Å². The maximum atomic E-state index is 9.13. The number of unbranched alkanes of at least 4 members (excludes halogenated alkanes) is 1. The first-order valence-corrected chi connectivity index (χ1v) is 5.87. The lowest BCUT2D eigenvalue weighted by Gasteiger charge is -2.04. The second-order valence-electron chi connectivity index (χ2n) is 4.08. The Labute approximate surface area is 101 Å². The average molecular weight is 228 g/mol. The molecule has 0 bridgehead atoms. The fourth-order valence-electron chi connectivity index (χ4n) is 2.01. The molecule has 3 nitrogen and oxygen atoms in total.